The number of likely N-dealkylation sites (N-methyl/N-ethyl adjacent to an activating group) is 1. The summed E-state index contributed by atoms with van der Waals surface area (Å²) >= 11 is 0. The summed E-state index contributed by atoms with van der Waals surface area (Å²) in [5, 5.41) is 20.4. The topological polar surface area (TPSA) is 144 Å². The van der Waals surface area contributed by atoms with Gasteiger partial charge in [0, 0.05) is 74.6 Å². The number of likely N-dealkylation sites (tertiary alicyclic amines) is 2. The largest absolute Gasteiger partial charge is 0.465 e. The molecule has 0 radical (unpaired) electrons. The number of halogens is 1. The fourth-order valence-corrected chi connectivity index (χ4v) is 11.2. The van der Waals surface area contributed by atoms with Crippen LogP contribution in [0.3, 0.4) is 0 Å². The highest BCUT2D eigenvalue weighted by molar-refractivity contribution is 7.92. The summed E-state index contributed by atoms with van der Waals surface area (Å²) in [5.41, 5.74) is 1.35. The summed E-state index contributed by atoms with van der Waals surface area (Å²) in [6, 6.07) is 13.8. The second-order valence-corrected chi connectivity index (χ2v) is 18.4. The van der Waals surface area contributed by atoms with Gasteiger partial charge in [0.05, 0.1) is 17.6 Å². The van der Waals surface area contributed by atoms with Crippen LogP contribution in [-0.2, 0) is 26.6 Å². The minimum Gasteiger partial charge on any atom is -0.465 e. The lowest BCUT2D eigenvalue weighted by Crippen LogP contribution is -2.56. The van der Waals surface area contributed by atoms with Crippen molar-refractivity contribution in [1.82, 2.24) is 35.0 Å². The van der Waals surface area contributed by atoms with Gasteiger partial charge in [0.15, 0.2) is 9.84 Å². The first kappa shape index (κ1) is 38.9. The molecule has 4 fully saturated rings. The van der Waals surface area contributed by atoms with Gasteiger partial charge in [0.25, 0.3) is 0 Å². The number of carboxylic acid groups (broad SMARTS) is 1. The van der Waals surface area contributed by atoms with Gasteiger partial charge < -0.3 is 30.0 Å². The first-order chi connectivity index (χ1) is 26.4. The van der Waals surface area contributed by atoms with E-state index in [-0.39, 0.29) is 47.6 Å². The smallest absolute Gasteiger partial charge is 0.404 e. The summed E-state index contributed by atoms with van der Waals surface area (Å²) in [4.78, 5) is 32.9. The normalized spacial score (nSPS) is 22.8. The number of rotatable bonds is 14. The third-order valence-corrected chi connectivity index (χ3v) is 14.5. The number of hydrogen-bond acceptors (Lipinski definition) is 9. The maximum Gasteiger partial charge on any atom is 0.404 e. The van der Waals surface area contributed by atoms with Gasteiger partial charge in [-0.1, -0.05) is 29.8 Å². The molecule has 1 aromatic heterocycles. The van der Waals surface area contributed by atoms with E-state index < -0.39 is 26.6 Å². The van der Waals surface area contributed by atoms with Gasteiger partial charge in [0.1, 0.15) is 11.1 Å². The van der Waals surface area contributed by atoms with E-state index in [9.17, 15) is 27.5 Å². The van der Waals surface area contributed by atoms with Crippen LogP contribution in [0, 0.1) is 23.6 Å². The maximum atomic E-state index is 15.0. The Kier molecular flexibility index (Phi) is 11.6. The van der Waals surface area contributed by atoms with Crippen LogP contribution in [0.5, 0.6) is 0 Å². The first-order valence-electron chi connectivity index (χ1n) is 19.4. The molecule has 3 aliphatic heterocycles. The highest BCUT2D eigenvalue weighted by atomic mass is 32.2. The molecule has 13 nitrogen and oxygen atoms in total. The van der Waals surface area contributed by atoms with Crippen molar-refractivity contribution in [3.05, 3.63) is 84.5 Å². The van der Waals surface area contributed by atoms with Crippen molar-refractivity contribution >= 4 is 27.5 Å². The molecule has 3 atom stereocenters. The SMILES string of the molecule is CN(C)C/C=C/C(=O)N1CC(S(=O)(=O)c2ccc(N3CC(CN4CCC([C@@](Cn5ccnn5)(c5cccc(F)c5)[C@H]5CCC[C@@H]5NC(=O)O)CC4)C3)cc2)C1. The molecule has 15 heteroatoms. The summed E-state index contributed by atoms with van der Waals surface area (Å²) in [5.74, 6) is 0.172. The van der Waals surface area contributed by atoms with Crippen LogP contribution in [0.25, 0.3) is 0 Å². The van der Waals surface area contributed by atoms with E-state index in [0.29, 0.717) is 19.0 Å². The van der Waals surface area contributed by atoms with Crippen LogP contribution in [0.2, 0.25) is 0 Å². The lowest BCUT2D eigenvalue weighted by Gasteiger charge is -2.51. The average Bonchev–Trinajstić information content (AvgIpc) is 3.80. The van der Waals surface area contributed by atoms with Gasteiger partial charge >= 0.3 is 6.09 Å². The molecule has 1 saturated carbocycles. The van der Waals surface area contributed by atoms with E-state index in [4.69, 9.17) is 0 Å². The third kappa shape index (κ3) is 8.43. The van der Waals surface area contributed by atoms with Crippen LogP contribution in [0.15, 0.2) is 78.0 Å². The molecule has 3 saturated heterocycles. The second-order valence-electron chi connectivity index (χ2n) is 16.2. The molecule has 0 bridgehead atoms. The fraction of sp³-hybridized carbons (Fsp3) is 0.550. The first-order valence-corrected chi connectivity index (χ1v) is 21.0. The molecule has 1 aliphatic carbocycles. The van der Waals surface area contributed by atoms with Gasteiger partial charge in [-0.2, -0.15) is 0 Å². The number of aromatic nitrogens is 3. The molecule has 2 aromatic carbocycles. The minimum atomic E-state index is -3.54. The quantitative estimate of drug-likeness (QED) is 0.233. The molecule has 55 heavy (non-hydrogen) atoms. The molecule has 2 amide bonds. The molecule has 7 rings (SSSR count). The van der Waals surface area contributed by atoms with Crippen molar-refractivity contribution in [2.45, 2.75) is 60.3 Å². The summed E-state index contributed by atoms with van der Waals surface area (Å²) < 4.78 is 43.3. The Bertz CT molecular complexity index is 1920. The molecule has 4 heterocycles. The number of carbonyl (C=O) groups excluding carboxylic acids is 1. The molecule has 3 aromatic rings. The zero-order valence-corrected chi connectivity index (χ0v) is 32.5. The number of amides is 2. The Morgan fingerprint density at radius 2 is 1.78 bits per heavy atom. The fourth-order valence-electron chi connectivity index (χ4n) is 9.58. The van der Waals surface area contributed by atoms with Gasteiger partial charge in [-0.15, -0.1) is 5.10 Å². The maximum absolute atomic E-state index is 15.0. The van der Waals surface area contributed by atoms with E-state index in [1.807, 2.05) is 48.1 Å². The highest BCUT2D eigenvalue weighted by Gasteiger charge is 2.52. The highest BCUT2D eigenvalue weighted by Crippen LogP contribution is 2.51. The average molecular weight is 777 g/mol. The van der Waals surface area contributed by atoms with Gasteiger partial charge in [-0.25, -0.2) is 17.6 Å². The number of anilines is 1. The second kappa shape index (κ2) is 16.4. The van der Waals surface area contributed by atoms with Crippen LogP contribution in [-0.4, -0.2) is 133 Å². The third-order valence-electron chi connectivity index (χ3n) is 12.4. The Hall–Kier alpha value is -4.34. The van der Waals surface area contributed by atoms with Crippen molar-refractivity contribution in [1.29, 1.82) is 0 Å². The van der Waals surface area contributed by atoms with Gasteiger partial charge in [-0.3, -0.25) is 9.48 Å². The predicted octanol–water partition coefficient (Wildman–Crippen LogP) is 3.74. The molecular weight excluding hydrogens is 724 g/mol. The van der Waals surface area contributed by atoms with E-state index in [1.54, 1.807) is 41.4 Å². The van der Waals surface area contributed by atoms with E-state index >= 15 is 0 Å². The molecule has 0 unspecified atom stereocenters. The van der Waals surface area contributed by atoms with Crippen molar-refractivity contribution in [2.24, 2.45) is 17.8 Å². The molecule has 4 aliphatic rings. The molecule has 296 valence electrons. The monoisotopic (exact) mass is 776 g/mol. The number of sulfone groups is 1. The van der Waals surface area contributed by atoms with E-state index in [0.717, 1.165) is 76.1 Å². The lowest BCUT2D eigenvalue weighted by atomic mass is 9.58. The minimum absolute atomic E-state index is 0.0270. The Morgan fingerprint density at radius 1 is 1.04 bits per heavy atom. The predicted molar refractivity (Wildman–Crippen MR) is 207 cm³/mol. The summed E-state index contributed by atoms with van der Waals surface area (Å²) in [6.45, 7) is 6.07. The Labute approximate surface area is 323 Å². The van der Waals surface area contributed by atoms with Crippen molar-refractivity contribution in [3.63, 3.8) is 0 Å². The van der Waals surface area contributed by atoms with E-state index in [1.165, 1.54) is 12.1 Å². The van der Waals surface area contributed by atoms with Crippen molar-refractivity contribution in [2.75, 3.05) is 71.4 Å². The van der Waals surface area contributed by atoms with Crippen LogP contribution < -0.4 is 10.2 Å². The van der Waals surface area contributed by atoms with Gasteiger partial charge in [0.2, 0.25) is 5.91 Å². The summed E-state index contributed by atoms with van der Waals surface area (Å²) in [7, 11) is 0.301. The number of carbonyl (C=O) groups is 2. The Balaban J connectivity index is 0.955. The summed E-state index contributed by atoms with van der Waals surface area (Å²) in [6.07, 6.45) is 10.0. The number of piperidine rings is 1. The van der Waals surface area contributed by atoms with Crippen molar-refractivity contribution in [3.8, 4) is 0 Å². The molecular formula is C40H53FN8O5S. The standard InChI is InChI=1S/C40H53FN8O5S/c1-45(2)18-5-10-38(50)48-26-35(27-48)55(53,54)34-13-11-33(12-14-34)47-24-29(25-47)23-46-19-15-30(16-20-46)40(28-49-21-17-42-44-49,31-6-3-7-32(41)22-31)36-8-4-9-37(36)43-39(51)52/h3,5-7,10-14,17,21-22,29-30,35-37,43H,4,8-9,15-16,18-20,23-28H2,1-2H3,(H,51,52)/b10-5+/t36-,37-,40-/m0/s1. The zero-order valence-electron chi connectivity index (χ0n) is 31.7. The van der Waals surface area contributed by atoms with Gasteiger partial charge in [-0.05, 0) is 107 Å². The van der Waals surface area contributed by atoms with Crippen molar-refractivity contribution < 1.29 is 27.5 Å². The molecule has 0 spiro atoms. The van der Waals surface area contributed by atoms with Crippen LogP contribution in [0.1, 0.15) is 37.7 Å². The molecule has 2 N–H and O–H groups in total. The van der Waals surface area contributed by atoms with Crippen LogP contribution >= 0.6 is 0 Å². The zero-order chi connectivity index (χ0) is 38.7. The van der Waals surface area contributed by atoms with Crippen LogP contribution in [0.4, 0.5) is 14.9 Å². The lowest BCUT2D eigenvalue weighted by molar-refractivity contribution is -0.129. The number of benzene rings is 2. The number of nitrogens with one attached hydrogen (secondary N) is 1. The number of hydrogen-bond donors (Lipinski definition) is 2. The Morgan fingerprint density at radius 3 is 2.44 bits per heavy atom. The van der Waals surface area contributed by atoms with E-state index in [2.05, 4.69) is 25.4 Å². The number of nitrogens with zero attached hydrogens (tertiary/aromatic N) is 7.